The predicted molar refractivity (Wildman–Crippen MR) is 54.0 cm³/mol. The van der Waals surface area contributed by atoms with Crippen molar-refractivity contribution in [2.75, 3.05) is 0 Å². The maximum Gasteiger partial charge on any atom is 0.00106 e. The van der Waals surface area contributed by atoms with E-state index in [9.17, 15) is 0 Å². The summed E-state index contributed by atoms with van der Waals surface area (Å²) in [6.45, 7) is 6.91. The van der Waals surface area contributed by atoms with Crippen LogP contribution in [0.15, 0.2) is 0 Å². The Morgan fingerprint density at radius 3 is 2.67 bits per heavy atom. The Morgan fingerprint density at radius 1 is 1.58 bits per heavy atom. The van der Waals surface area contributed by atoms with Gasteiger partial charge in [-0.1, -0.05) is 20.3 Å². The lowest BCUT2D eigenvalue weighted by Gasteiger charge is -2.24. The van der Waals surface area contributed by atoms with Crippen LogP contribution in [0.1, 0.15) is 52.9 Å². The van der Waals surface area contributed by atoms with Gasteiger partial charge in [0, 0.05) is 6.04 Å². The Labute approximate surface area is 76.7 Å². The molecule has 3 unspecified atom stereocenters. The molecular weight excluding hydrogens is 146 g/mol. The molecule has 1 fully saturated rings. The molecule has 0 aliphatic heterocycles. The molecule has 1 rings (SSSR count). The molecule has 1 aliphatic rings. The van der Waals surface area contributed by atoms with E-state index in [1.807, 2.05) is 0 Å². The van der Waals surface area contributed by atoms with Gasteiger partial charge >= 0.3 is 0 Å². The first-order chi connectivity index (χ1) is 5.52. The Kier molecular flexibility index (Phi) is 3.16. The number of hydrogen-bond donors (Lipinski definition) is 1. The van der Waals surface area contributed by atoms with E-state index in [0.717, 1.165) is 5.92 Å². The summed E-state index contributed by atoms with van der Waals surface area (Å²) >= 11 is 0. The maximum absolute atomic E-state index is 5.76. The summed E-state index contributed by atoms with van der Waals surface area (Å²) in [6.07, 6.45) is 6.79. The molecule has 1 heteroatoms. The fourth-order valence-corrected chi connectivity index (χ4v) is 2.44. The Hall–Kier alpha value is -0.0400. The quantitative estimate of drug-likeness (QED) is 0.690. The highest BCUT2D eigenvalue weighted by Gasteiger charge is 2.32. The second-order valence-corrected chi connectivity index (χ2v) is 5.17. The first-order valence-corrected chi connectivity index (χ1v) is 5.27. The molecule has 0 aromatic rings. The van der Waals surface area contributed by atoms with Gasteiger partial charge in [0.1, 0.15) is 0 Å². The Balaban J connectivity index is 2.30. The summed E-state index contributed by atoms with van der Waals surface area (Å²) in [5.41, 5.74) is 6.38. The minimum absolute atomic E-state index is 0.387. The van der Waals surface area contributed by atoms with E-state index in [2.05, 4.69) is 20.8 Å². The molecular formula is C11H23N. The average molecular weight is 169 g/mol. The van der Waals surface area contributed by atoms with Crippen LogP contribution in [0.5, 0.6) is 0 Å². The van der Waals surface area contributed by atoms with Gasteiger partial charge in [0.15, 0.2) is 0 Å². The Morgan fingerprint density at radius 2 is 2.25 bits per heavy atom. The standard InChI is InChI=1S/C11H23N/c1-9-4-6-11(3,8-9)7-5-10(2)12/h9-10H,4-8,12H2,1-3H3. The van der Waals surface area contributed by atoms with Crippen LogP contribution in [-0.4, -0.2) is 6.04 Å². The highest BCUT2D eigenvalue weighted by molar-refractivity contribution is 4.84. The molecule has 0 heterocycles. The molecule has 0 spiro atoms. The SMILES string of the molecule is CC(N)CCC1(C)CCC(C)C1. The van der Waals surface area contributed by atoms with Crippen molar-refractivity contribution in [1.29, 1.82) is 0 Å². The molecule has 0 aromatic carbocycles. The van der Waals surface area contributed by atoms with Crippen molar-refractivity contribution >= 4 is 0 Å². The summed E-state index contributed by atoms with van der Waals surface area (Å²) in [5.74, 6) is 0.947. The van der Waals surface area contributed by atoms with Gasteiger partial charge in [0.05, 0.1) is 0 Å². The molecule has 0 saturated heterocycles. The summed E-state index contributed by atoms with van der Waals surface area (Å²) in [6, 6.07) is 0.387. The third-order valence-corrected chi connectivity index (χ3v) is 3.29. The highest BCUT2D eigenvalue weighted by atomic mass is 14.6. The van der Waals surface area contributed by atoms with Gasteiger partial charge in [-0.3, -0.25) is 0 Å². The van der Waals surface area contributed by atoms with Gasteiger partial charge < -0.3 is 5.73 Å². The van der Waals surface area contributed by atoms with Crippen LogP contribution in [0.2, 0.25) is 0 Å². The topological polar surface area (TPSA) is 26.0 Å². The van der Waals surface area contributed by atoms with Crippen LogP contribution in [0, 0.1) is 11.3 Å². The van der Waals surface area contributed by atoms with Crippen molar-refractivity contribution in [3.8, 4) is 0 Å². The van der Waals surface area contributed by atoms with Crippen LogP contribution in [-0.2, 0) is 0 Å². The highest BCUT2D eigenvalue weighted by Crippen LogP contribution is 2.44. The molecule has 3 atom stereocenters. The smallest absolute Gasteiger partial charge is 0.00106 e. The molecule has 1 aliphatic carbocycles. The average Bonchev–Trinajstić information content (AvgIpc) is 2.29. The first-order valence-electron chi connectivity index (χ1n) is 5.27. The van der Waals surface area contributed by atoms with Crippen LogP contribution in [0.4, 0.5) is 0 Å². The molecule has 0 amide bonds. The van der Waals surface area contributed by atoms with Gasteiger partial charge in [-0.2, -0.15) is 0 Å². The second-order valence-electron chi connectivity index (χ2n) is 5.17. The summed E-state index contributed by atoms with van der Waals surface area (Å²) in [5, 5.41) is 0. The van der Waals surface area contributed by atoms with Gasteiger partial charge in [0.25, 0.3) is 0 Å². The largest absolute Gasteiger partial charge is 0.328 e. The maximum atomic E-state index is 5.76. The molecule has 1 saturated carbocycles. The van der Waals surface area contributed by atoms with Crippen LogP contribution in [0.3, 0.4) is 0 Å². The van der Waals surface area contributed by atoms with Gasteiger partial charge in [-0.25, -0.2) is 0 Å². The third kappa shape index (κ3) is 2.78. The first kappa shape index (κ1) is 10.0. The van der Waals surface area contributed by atoms with E-state index in [-0.39, 0.29) is 0 Å². The van der Waals surface area contributed by atoms with Crippen molar-refractivity contribution < 1.29 is 0 Å². The zero-order chi connectivity index (χ0) is 9.19. The lowest BCUT2D eigenvalue weighted by Crippen LogP contribution is -2.20. The van der Waals surface area contributed by atoms with Gasteiger partial charge in [0.2, 0.25) is 0 Å². The van der Waals surface area contributed by atoms with E-state index >= 15 is 0 Å². The number of hydrogen-bond acceptors (Lipinski definition) is 1. The van der Waals surface area contributed by atoms with Gasteiger partial charge in [-0.15, -0.1) is 0 Å². The number of nitrogens with two attached hydrogens (primary N) is 1. The van der Waals surface area contributed by atoms with Crippen LogP contribution in [0.25, 0.3) is 0 Å². The zero-order valence-electron chi connectivity index (χ0n) is 8.77. The molecule has 0 aromatic heterocycles. The van der Waals surface area contributed by atoms with Crippen molar-refractivity contribution in [2.45, 2.75) is 58.9 Å². The van der Waals surface area contributed by atoms with Crippen molar-refractivity contribution in [3.63, 3.8) is 0 Å². The fourth-order valence-electron chi connectivity index (χ4n) is 2.44. The predicted octanol–water partition coefficient (Wildman–Crippen LogP) is 2.94. The minimum atomic E-state index is 0.387. The molecule has 0 bridgehead atoms. The lowest BCUT2D eigenvalue weighted by molar-refractivity contribution is 0.282. The third-order valence-electron chi connectivity index (χ3n) is 3.29. The zero-order valence-corrected chi connectivity index (χ0v) is 8.77. The van der Waals surface area contributed by atoms with Crippen molar-refractivity contribution in [2.24, 2.45) is 17.1 Å². The monoisotopic (exact) mass is 169 g/mol. The molecule has 0 radical (unpaired) electrons. The molecule has 72 valence electrons. The normalized spacial score (nSPS) is 38.5. The second kappa shape index (κ2) is 3.78. The van der Waals surface area contributed by atoms with Crippen molar-refractivity contribution in [3.05, 3.63) is 0 Å². The minimum Gasteiger partial charge on any atom is -0.328 e. The van der Waals surface area contributed by atoms with Crippen LogP contribution >= 0.6 is 0 Å². The van der Waals surface area contributed by atoms with E-state index in [4.69, 9.17) is 5.73 Å². The van der Waals surface area contributed by atoms with Crippen molar-refractivity contribution in [1.82, 2.24) is 0 Å². The Bertz CT molecular complexity index is 142. The van der Waals surface area contributed by atoms with E-state index in [0.29, 0.717) is 11.5 Å². The molecule has 2 N–H and O–H groups in total. The lowest BCUT2D eigenvalue weighted by atomic mass is 9.82. The van der Waals surface area contributed by atoms with E-state index in [1.165, 1.54) is 32.1 Å². The van der Waals surface area contributed by atoms with Gasteiger partial charge in [-0.05, 0) is 43.9 Å². The van der Waals surface area contributed by atoms with Crippen LogP contribution < -0.4 is 5.73 Å². The fraction of sp³-hybridized carbons (Fsp3) is 1.00. The summed E-state index contributed by atoms with van der Waals surface area (Å²) in [4.78, 5) is 0. The van der Waals surface area contributed by atoms with E-state index < -0.39 is 0 Å². The van der Waals surface area contributed by atoms with E-state index in [1.54, 1.807) is 0 Å². The summed E-state index contributed by atoms with van der Waals surface area (Å²) in [7, 11) is 0. The number of rotatable bonds is 3. The summed E-state index contributed by atoms with van der Waals surface area (Å²) < 4.78 is 0. The molecule has 12 heavy (non-hydrogen) atoms. The molecule has 1 nitrogen and oxygen atoms in total.